The smallest absolute Gasteiger partial charge is 0.258 e. The predicted molar refractivity (Wildman–Crippen MR) is 126 cm³/mol. The SMILES string of the molecule is O=c1cc(OCc2ccccc2)ccn1-c1ccc2c(cnn2CCN2CC3CC2CO3)c1. The van der Waals surface area contributed by atoms with Gasteiger partial charge >= 0.3 is 0 Å². The van der Waals surface area contributed by atoms with Crippen molar-refractivity contribution in [2.24, 2.45) is 0 Å². The summed E-state index contributed by atoms with van der Waals surface area (Å²) in [6, 6.07) is 19.9. The van der Waals surface area contributed by atoms with Crippen LogP contribution in [0.2, 0.25) is 0 Å². The van der Waals surface area contributed by atoms with Crippen LogP contribution in [0.1, 0.15) is 12.0 Å². The second-order valence-electron chi connectivity index (χ2n) is 8.80. The molecule has 7 heteroatoms. The van der Waals surface area contributed by atoms with Crippen molar-refractivity contribution in [3.05, 3.63) is 89.0 Å². The molecule has 2 aromatic heterocycles. The predicted octanol–water partition coefficient (Wildman–Crippen LogP) is 3.24. The highest BCUT2D eigenvalue weighted by Gasteiger charge is 2.38. The number of hydrogen-bond donors (Lipinski definition) is 0. The van der Waals surface area contributed by atoms with Gasteiger partial charge in [-0.25, -0.2) is 0 Å². The summed E-state index contributed by atoms with van der Waals surface area (Å²) in [5.74, 6) is 0.565. The fourth-order valence-electron chi connectivity index (χ4n) is 4.88. The second kappa shape index (κ2) is 8.50. The highest BCUT2D eigenvalue weighted by atomic mass is 16.5. The molecule has 0 aliphatic carbocycles. The molecule has 0 radical (unpaired) electrons. The van der Waals surface area contributed by atoms with Gasteiger partial charge in [0.15, 0.2) is 0 Å². The number of ether oxygens (including phenoxy) is 2. The molecule has 2 bridgehead atoms. The summed E-state index contributed by atoms with van der Waals surface area (Å²) < 4.78 is 15.2. The number of morpholine rings is 1. The lowest BCUT2D eigenvalue weighted by molar-refractivity contribution is 0.0291. The largest absolute Gasteiger partial charge is 0.489 e. The molecule has 2 saturated heterocycles. The van der Waals surface area contributed by atoms with E-state index in [0.29, 0.717) is 24.5 Å². The zero-order chi connectivity index (χ0) is 22.2. The molecule has 33 heavy (non-hydrogen) atoms. The minimum atomic E-state index is -0.126. The van der Waals surface area contributed by atoms with Crippen molar-refractivity contribution in [2.75, 3.05) is 19.7 Å². The lowest BCUT2D eigenvalue weighted by atomic mass is 10.2. The average Bonchev–Trinajstić information content (AvgIpc) is 3.58. The van der Waals surface area contributed by atoms with E-state index in [1.807, 2.05) is 60.8 Å². The number of nitrogens with zero attached hydrogens (tertiary/aromatic N) is 4. The minimum absolute atomic E-state index is 0.126. The molecule has 0 N–H and O–H groups in total. The number of fused-ring (bicyclic) bond motifs is 3. The van der Waals surface area contributed by atoms with Crippen molar-refractivity contribution in [3.63, 3.8) is 0 Å². The van der Waals surface area contributed by atoms with Gasteiger partial charge in [0.25, 0.3) is 5.56 Å². The van der Waals surface area contributed by atoms with Crippen molar-refractivity contribution in [1.29, 1.82) is 0 Å². The van der Waals surface area contributed by atoms with Crippen molar-refractivity contribution >= 4 is 10.9 Å². The molecule has 2 aliphatic rings. The second-order valence-corrected chi connectivity index (χ2v) is 8.80. The van der Waals surface area contributed by atoms with Crippen LogP contribution in [0, 0.1) is 0 Å². The molecule has 4 aromatic rings. The van der Waals surface area contributed by atoms with Gasteiger partial charge in [-0.3, -0.25) is 18.9 Å². The Kier molecular flexibility index (Phi) is 5.20. The number of rotatable bonds is 7. The van der Waals surface area contributed by atoms with Crippen LogP contribution in [-0.4, -0.2) is 51.1 Å². The maximum absolute atomic E-state index is 12.8. The third-order valence-corrected chi connectivity index (χ3v) is 6.66. The summed E-state index contributed by atoms with van der Waals surface area (Å²) >= 11 is 0. The Morgan fingerprint density at radius 3 is 2.76 bits per heavy atom. The molecule has 0 spiro atoms. The van der Waals surface area contributed by atoms with Crippen molar-refractivity contribution in [1.82, 2.24) is 19.2 Å². The highest BCUT2D eigenvalue weighted by Crippen LogP contribution is 2.27. The van der Waals surface area contributed by atoms with Gasteiger partial charge in [-0.1, -0.05) is 30.3 Å². The van der Waals surface area contributed by atoms with E-state index >= 15 is 0 Å². The molecule has 0 amide bonds. The lowest BCUT2D eigenvalue weighted by Gasteiger charge is -2.26. The summed E-state index contributed by atoms with van der Waals surface area (Å²) in [6.07, 6.45) is 5.22. The number of hydrogen-bond acceptors (Lipinski definition) is 5. The maximum atomic E-state index is 12.8. The maximum Gasteiger partial charge on any atom is 0.258 e. The fraction of sp³-hybridized carbons (Fsp3) is 0.308. The number of aromatic nitrogens is 3. The molecule has 168 valence electrons. The van der Waals surface area contributed by atoms with Gasteiger partial charge in [0.05, 0.1) is 31.0 Å². The van der Waals surface area contributed by atoms with E-state index in [-0.39, 0.29) is 5.56 Å². The molecule has 4 heterocycles. The Morgan fingerprint density at radius 1 is 1.06 bits per heavy atom. The Balaban J connectivity index is 1.16. The molecule has 2 aromatic carbocycles. The Bertz CT molecular complexity index is 1330. The first-order chi connectivity index (χ1) is 16.2. The molecule has 2 aliphatic heterocycles. The number of likely N-dealkylation sites (tertiary alicyclic amines) is 1. The molecule has 2 atom stereocenters. The third kappa shape index (κ3) is 4.05. The van der Waals surface area contributed by atoms with Crippen molar-refractivity contribution < 1.29 is 9.47 Å². The normalized spacial score (nSPS) is 20.0. The van der Waals surface area contributed by atoms with Crippen LogP contribution in [0.5, 0.6) is 5.75 Å². The van der Waals surface area contributed by atoms with Gasteiger partial charge in [-0.2, -0.15) is 5.10 Å². The first-order valence-electron chi connectivity index (χ1n) is 11.4. The standard InChI is InChI=1S/C26H26N4O3/c31-26-14-23(32-17-19-4-2-1-3-5-19)8-9-29(26)21-6-7-25-20(12-21)15-27-30(25)11-10-28-16-24-13-22(28)18-33-24/h1-9,12,14-15,22,24H,10-11,13,16-18H2. The molecule has 7 nitrogen and oxygen atoms in total. The van der Waals surface area contributed by atoms with Crippen LogP contribution < -0.4 is 10.3 Å². The zero-order valence-corrected chi connectivity index (χ0v) is 18.3. The summed E-state index contributed by atoms with van der Waals surface area (Å²) in [6.45, 7) is 4.15. The van der Waals surface area contributed by atoms with E-state index in [2.05, 4.69) is 14.7 Å². The van der Waals surface area contributed by atoms with E-state index in [1.54, 1.807) is 10.8 Å². The molecule has 2 unspecified atom stereocenters. The van der Waals surface area contributed by atoms with E-state index in [4.69, 9.17) is 9.47 Å². The van der Waals surface area contributed by atoms with E-state index in [0.717, 1.165) is 54.8 Å². The fourth-order valence-corrected chi connectivity index (χ4v) is 4.88. The average molecular weight is 443 g/mol. The molecule has 6 rings (SSSR count). The Labute approximate surface area is 191 Å². The first kappa shape index (κ1) is 20.2. The quantitative estimate of drug-likeness (QED) is 0.440. The molecule has 0 saturated carbocycles. The molecular formula is C26H26N4O3. The number of benzene rings is 2. The molecule has 2 fully saturated rings. The van der Waals surface area contributed by atoms with Gasteiger partial charge in [0, 0.05) is 42.5 Å². The third-order valence-electron chi connectivity index (χ3n) is 6.66. The topological polar surface area (TPSA) is 61.5 Å². The summed E-state index contributed by atoms with van der Waals surface area (Å²) in [5.41, 5.74) is 2.83. The van der Waals surface area contributed by atoms with Crippen LogP contribution in [0.3, 0.4) is 0 Å². The van der Waals surface area contributed by atoms with Gasteiger partial charge in [-0.15, -0.1) is 0 Å². The van der Waals surface area contributed by atoms with Crippen LogP contribution in [0.25, 0.3) is 16.6 Å². The van der Waals surface area contributed by atoms with Gasteiger partial charge in [0.2, 0.25) is 0 Å². The van der Waals surface area contributed by atoms with Crippen LogP contribution in [0.4, 0.5) is 0 Å². The summed E-state index contributed by atoms with van der Waals surface area (Å²) in [7, 11) is 0. The van der Waals surface area contributed by atoms with Gasteiger partial charge in [-0.05, 0) is 36.2 Å². The van der Waals surface area contributed by atoms with Crippen LogP contribution in [-0.2, 0) is 17.9 Å². The first-order valence-corrected chi connectivity index (χ1v) is 11.4. The Morgan fingerprint density at radius 2 is 1.97 bits per heavy atom. The zero-order valence-electron chi connectivity index (χ0n) is 18.3. The van der Waals surface area contributed by atoms with Crippen LogP contribution in [0.15, 0.2) is 77.9 Å². The van der Waals surface area contributed by atoms with E-state index in [9.17, 15) is 4.79 Å². The summed E-state index contributed by atoms with van der Waals surface area (Å²) in [5, 5.41) is 5.62. The van der Waals surface area contributed by atoms with Crippen LogP contribution >= 0.6 is 0 Å². The highest BCUT2D eigenvalue weighted by molar-refractivity contribution is 5.80. The minimum Gasteiger partial charge on any atom is -0.489 e. The Hall–Kier alpha value is -3.42. The van der Waals surface area contributed by atoms with Gasteiger partial charge in [0.1, 0.15) is 12.4 Å². The lowest BCUT2D eigenvalue weighted by Crippen LogP contribution is -2.38. The van der Waals surface area contributed by atoms with Crippen molar-refractivity contribution in [3.8, 4) is 11.4 Å². The van der Waals surface area contributed by atoms with E-state index in [1.165, 1.54) is 6.07 Å². The van der Waals surface area contributed by atoms with Crippen molar-refractivity contribution in [2.45, 2.75) is 31.7 Å². The monoisotopic (exact) mass is 442 g/mol. The molecular weight excluding hydrogens is 416 g/mol. The summed E-state index contributed by atoms with van der Waals surface area (Å²) in [4.78, 5) is 15.3. The van der Waals surface area contributed by atoms with Gasteiger partial charge < -0.3 is 9.47 Å². The van der Waals surface area contributed by atoms with E-state index < -0.39 is 0 Å². The number of pyridine rings is 1.